The molecular weight excluding hydrogens is 422 g/mol. The molecule has 6 nitrogen and oxygen atoms in total. The number of carbonyl (C=O) groups excluding carboxylic acids is 1. The lowest BCUT2D eigenvalue weighted by Crippen LogP contribution is -2.45. The number of fused-ring (bicyclic) bond motifs is 1. The fourth-order valence-corrected chi connectivity index (χ4v) is 6.06. The average molecular weight is 448 g/mol. The molecule has 2 aliphatic heterocycles. The van der Waals surface area contributed by atoms with E-state index in [2.05, 4.69) is 16.0 Å². The molecule has 2 aromatic rings. The Morgan fingerprint density at radius 3 is 2.70 bits per heavy atom. The van der Waals surface area contributed by atoms with Crippen molar-refractivity contribution in [2.45, 2.75) is 48.2 Å². The predicted octanol–water partition coefficient (Wildman–Crippen LogP) is 2.44. The van der Waals surface area contributed by atoms with Gasteiger partial charge in [0.2, 0.25) is 15.7 Å². The molecule has 160 valence electrons. The Labute approximate surface area is 182 Å². The van der Waals surface area contributed by atoms with E-state index >= 15 is 0 Å². The molecule has 2 heterocycles. The molecule has 0 radical (unpaired) electrons. The SMILES string of the molecule is Cc1c(Cl)cccc1S(=O)(=O)c1ccc(CNC(=O)C2CC3CNCCC3N2)cc1. The predicted molar refractivity (Wildman–Crippen MR) is 116 cm³/mol. The lowest BCUT2D eigenvalue weighted by molar-refractivity contribution is -0.123. The molecule has 3 N–H and O–H groups in total. The number of carbonyl (C=O) groups is 1. The summed E-state index contributed by atoms with van der Waals surface area (Å²) in [6, 6.07) is 11.7. The van der Waals surface area contributed by atoms with E-state index in [4.69, 9.17) is 11.6 Å². The summed E-state index contributed by atoms with van der Waals surface area (Å²) in [7, 11) is -3.65. The van der Waals surface area contributed by atoms with Crippen molar-refractivity contribution < 1.29 is 13.2 Å². The van der Waals surface area contributed by atoms with Gasteiger partial charge in [-0.3, -0.25) is 4.79 Å². The Balaban J connectivity index is 1.39. The van der Waals surface area contributed by atoms with Crippen LogP contribution in [0.3, 0.4) is 0 Å². The highest BCUT2D eigenvalue weighted by atomic mass is 35.5. The second-order valence-corrected chi connectivity index (χ2v) is 10.4. The molecule has 2 saturated heterocycles. The maximum absolute atomic E-state index is 12.9. The van der Waals surface area contributed by atoms with Crippen molar-refractivity contribution in [3.05, 3.63) is 58.6 Å². The number of hydrogen-bond donors (Lipinski definition) is 3. The Kier molecular flexibility index (Phi) is 6.16. The second-order valence-electron chi connectivity index (χ2n) is 8.04. The molecule has 3 atom stereocenters. The smallest absolute Gasteiger partial charge is 0.237 e. The zero-order valence-electron chi connectivity index (χ0n) is 16.8. The molecule has 4 rings (SSSR count). The summed E-state index contributed by atoms with van der Waals surface area (Å²) in [6.45, 7) is 4.01. The third-order valence-electron chi connectivity index (χ3n) is 6.09. The van der Waals surface area contributed by atoms with Crippen molar-refractivity contribution in [3.63, 3.8) is 0 Å². The first-order chi connectivity index (χ1) is 14.4. The molecule has 0 aromatic heterocycles. The van der Waals surface area contributed by atoms with Crippen LogP contribution in [0.2, 0.25) is 5.02 Å². The minimum absolute atomic E-state index is 0.00403. The molecule has 2 aromatic carbocycles. The lowest BCUT2D eigenvalue weighted by Gasteiger charge is -2.25. The van der Waals surface area contributed by atoms with E-state index < -0.39 is 9.84 Å². The van der Waals surface area contributed by atoms with Gasteiger partial charge in [-0.2, -0.15) is 0 Å². The van der Waals surface area contributed by atoms with Gasteiger partial charge in [0.15, 0.2) is 0 Å². The fourth-order valence-electron chi connectivity index (χ4n) is 4.31. The van der Waals surface area contributed by atoms with Crippen LogP contribution < -0.4 is 16.0 Å². The van der Waals surface area contributed by atoms with Gasteiger partial charge in [-0.25, -0.2) is 8.42 Å². The number of amides is 1. The van der Waals surface area contributed by atoms with Gasteiger partial charge in [0.1, 0.15) is 0 Å². The normalized spacial score (nSPS) is 23.7. The summed E-state index contributed by atoms with van der Waals surface area (Å²) in [5.41, 5.74) is 1.39. The van der Waals surface area contributed by atoms with E-state index in [0.29, 0.717) is 29.1 Å². The standard InChI is InChI=1S/C22H26ClN3O3S/c1-14-18(23)3-2-4-21(14)30(28,29)17-7-5-15(6-8-17)12-25-22(27)20-11-16-13-24-10-9-19(16)26-20/h2-8,16,19-20,24,26H,9-13H2,1H3,(H,25,27). The minimum atomic E-state index is -3.65. The summed E-state index contributed by atoms with van der Waals surface area (Å²) in [6.07, 6.45) is 1.90. The van der Waals surface area contributed by atoms with Gasteiger partial charge in [0.05, 0.1) is 15.8 Å². The highest BCUT2D eigenvalue weighted by Crippen LogP contribution is 2.28. The summed E-state index contributed by atoms with van der Waals surface area (Å²) >= 11 is 6.08. The van der Waals surface area contributed by atoms with Crippen LogP contribution in [0.4, 0.5) is 0 Å². The third-order valence-corrected chi connectivity index (χ3v) is 8.41. The molecule has 3 unspecified atom stereocenters. The van der Waals surface area contributed by atoms with Crippen molar-refractivity contribution in [1.29, 1.82) is 0 Å². The highest BCUT2D eigenvalue weighted by molar-refractivity contribution is 7.91. The van der Waals surface area contributed by atoms with E-state index in [1.54, 1.807) is 49.4 Å². The summed E-state index contributed by atoms with van der Waals surface area (Å²) in [4.78, 5) is 13.0. The molecule has 8 heteroatoms. The maximum atomic E-state index is 12.9. The van der Waals surface area contributed by atoms with Crippen molar-refractivity contribution in [1.82, 2.24) is 16.0 Å². The first-order valence-electron chi connectivity index (χ1n) is 10.2. The quantitative estimate of drug-likeness (QED) is 0.655. The van der Waals surface area contributed by atoms with Crippen molar-refractivity contribution in [2.75, 3.05) is 13.1 Å². The Hall–Kier alpha value is -1.93. The molecule has 0 saturated carbocycles. The van der Waals surface area contributed by atoms with Gasteiger partial charge >= 0.3 is 0 Å². The minimum Gasteiger partial charge on any atom is -0.351 e. The molecular formula is C22H26ClN3O3S. The van der Waals surface area contributed by atoms with Crippen LogP contribution in [-0.4, -0.2) is 39.5 Å². The Morgan fingerprint density at radius 1 is 1.20 bits per heavy atom. The summed E-state index contributed by atoms with van der Waals surface area (Å²) in [5.74, 6) is 0.504. The van der Waals surface area contributed by atoms with Gasteiger partial charge in [-0.1, -0.05) is 29.8 Å². The van der Waals surface area contributed by atoms with Gasteiger partial charge < -0.3 is 16.0 Å². The molecule has 30 heavy (non-hydrogen) atoms. The van der Waals surface area contributed by atoms with E-state index in [0.717, 1.165) is 31.5 Å². The topological polar surface area (TPSA) is 87.3 Å². The summed E-state index contributed by atoms with van der Waals surface area (Å²) in [5, 5.41) is 10.2. The first kappa shape index (κ1) is 21.3. The monoisotopic (exact) mass is 447 g/mol. The Morgan fingerprint density at radius 2 is 1.97 bits per heavy atom. The number of benzene rings is 2. The van der Waals surface area contributed by atoms with Crippen LogP contribution in [0.5, 0.6) is 0 Å². The van der Waals surface area contributed by atoms with Crippen LogP contribution >= 0.6 is 11.6 Å². The zero-order valence-corrected chi connectivity index (χ0v) is 18.4. The molecule has 2 fully saturated rings. The Bertz CT molecular complexity index is 1030. The van der Waals surface area contributed by atoms with Gasteiger partial charge in [-0.05, 0) is 74.2 Å². The number of nitrogens with one attached hydrogen (secondary N) is 3. The maximum Gasteiger partial charge on any atom is 0.237 e. The van der Waals surface area contributed by atoms with Crippen LogP contribution in [0.1, 0.15) is 24.0 Å². The van der Waals surface area contributed by atoms with Crippen LogP contribution in [0.25, 0.3) is 0 Å². The average Bonchev–Trinajstić information content (AvgIpc) is 3.18. The molecule has 1 amide bonds. The number of hydrogen-bond acceptors (Lipinski definition) is 5. The number of sulfone groups is 1. The van der Waals surface area contributed by atoms with Gasteiger partial charge in [-0.15, -0.1) is 0 Å². The first-order valence-corrected chi connectivity index (χ1v) is 12.1. The fraction of sp³-hybridized carbons (Fsp3) is 0.409. The number of rotatable bonds is 5. The van der Waals surface area contributed by atoms with Crippen molar-refractivity contribution in [2.24, 2.45) is 5.92 Å². The molecule has 0 aliphatic carbocycles. The van der Waals surface area contributed by atoms with Crippen LogP contribution in [0, 0.1) is 12.8 Å². The van der Waals surface area contributed by atoms with E-state index in [-0.39, 0.29) is 21.7 Å². The molecule has 0 spiro atoms. The van der Waals surface area contributed by atoms with Crippen molar-refractivity contribution >= 4 is 27.3 Å². The number of piperidine rings is 1. The lowest BCUT2D eigenvalue weighted by atomic mass is 9.94. The van der Waals surface area contributed by atoms with Gasteiger partial charge in [0, 0.05) is 17.6 Å². The van der Waals surface area contributed by atoms with Crippen LogP contribution in [-0.2, 0) is 21.2 Å². The zero-order chi connectivity index (χ0) is 21.3. The third kappa shape index (κ3) is 4.25. The van der Waals surface area contributed by atoms with E-state index in [9.17, 15) is 13.2 Å². The van der Waals surface area contributed by atoms with Crippen LogP contribution in [0.15, 0.2) is 52.3 Å². The molecule has 2 aliphatic rings. The number of halogens is 1. The van der Waals surface area contributed by atoms with E-state index in [1.165, 1.54) is 0 Å². The molecule has 0 bridgehead atoms. The second kappa shape index (κ2) is 8.67. The largest absolute Gasteiger partial charge is 0.351 e. The summed E-state index contributed by atoms with van der Waals surface area (Å²) < 4.78 is 25.9. The van der Waals surface area contributed by atoms with E-state index in [1.807, 2.05) is 0 Å². The van der Waals surface area contributed by atoms with Crippen molar-refractivity contribution in [3.8, 4) is 0 Å². The highest BCUT2D eigenvalue weighted by Gasteiger charge is 2.38. The van der Waals surface area contributed by atoms with Gasteiger partial charge in [0.25, 0.3) is 0 Å².